The second-order valence-corrected chi connectivity index (χ2v) is 10.1. The Hall–Kier alpha value is -2.92. The van der Waals surface area contributed by atoms with Crippen molar-refractivity contribution in [3.8, 4) is 5.75 Å². The summed E-state index contributed by atoms with van der Waals surface area (Å²) in [5.41, 5.74) is 0.311. The minimum Gasteiger partial charge on any atom is -0.484 e. The van der Waals surface area contributed by atoms with Gasteiger partial charge in [-0.15, -0.1) is 0 Å². The Morgan fingerprint density at radius 1 is 1.12 bits per heavy atom. The van der Waals surface area contributed by atoms with Crippen molar-refractivity contribution in [3.05, 3.63) is 41.8 Å². The number of nitrogens with one attached hydrogen (secondary N) is 1. The third-order valence-electron chi connectivity index (χ3n) is 5.48. The number of hydrogen-bond acceptors (Lipinski definition) is 7. The van der Waals surface area contributed by atoms with Gasteiger partial charge in [0.2, 0.25) is 15.9 Å². The van der Waals surface area contributed by atoms with Crippen LogP contribution in [0.4, 0.5) is 0 Å². The van der Waals surface area contributed by atoms with Gasteiger partial charge in [0.15, 0.2) is 12.4 Å². The summed E-state index contributed by atoms with van der Waals surface area (Å²) in [5, 5.41) is 6.48. The monoisotopic (exact) mass is 478 g/mol. The largest absolute Gasteiger partial charge is 0.484 e. The molecule has 1 aromatic heterocycles. The van der Waals surface area contributed by atoms with Crippen LogP contribution in [0.1, 0.15) is 25.3 Å². The van der Waals surface area contributed by atoms with E-state index in [-0.39, 0.29) is 55.3 Å². The summed E-state index contributed by atoms with van der Waals surface area (Å²) >= 11 is 0. The summed E-state index contributed by atoms with van der Waals surface area (Å²) in [6.07, 6.45) is 0. The number of ether oxygens (including phenoxy) is 1. The summed E-state index contributed by atoms with van der Waals surface area (Å²) in [7, 11) is -3.77. The highest BCUT2D eigenvalue weighted by molar-refractivity contribution is 7.89. The third kappa shape index (κ3) is 5.72. The molecule has 180 valence electrons. The molecule has 1 saturated heterocycles. The molecule has 11 heteroatoms. The predicted octanol–water partition coefficient (Wildman–Crippen LogP) is 1.34. The molecule has 3 rings (SSSR count). The van der Waals surface area contributed by atoms with E-state index in [0.717, 1.165) is 0 Å². The van der Waals surface area contributed by atoms with Gasteiger partial charge in [-0.25, -0.2) is 8.42 Å². The number of carbonyl (C=O) groups is 2. The highest BCUT2D eigenvalue weighted by Gasteiger charge is 2.36. The first-order valence-electron chi connectivity index (χ1n) is 10.8. The average molecular weight is 479 g/mol. The van der Waals surface area contributed by atoms with Crippen LogP contribution in [0.5, 0.6) is 5.75 Å². The van der Waals surface area contributed by atoms with Crippen molar-refractivity contribution in [3.63, 3.8) is 0 Å². The molecule has 1 N–H and O–H groups in total. The van der Waals surface area contributed by atoms with Gasteiger partial charge in [0, 0.05) is 26.2 Å². The number of piperazine rings is 1. The van der Waals surface area contributed by atoms with Crippen LogP contribution >= 0.6 is 0 Å². The molecule has 0 saturated carbocycles. The average Bonchev–Trinajstić information content (AvgIpc) is 3.14. The van der Waals surface area contributed by atoms with Crippen LogP contribution in [0.15, 0.2) is 39.8 Å². The van der Waals surface area contributed by atoms with Crippen molar-refractivity contribution in [2.75, 3.05) is 32.8 Å². The number of aryl methyl sites for hydroxylation is 2. The smallest absolute Gasteiger partial charge is 0.258 e. The van der Waals surface area contributed by atoms with E-state index in [0.29, 0.717) is 11.4 Å². The van der Waals surface area contributed by atoms with Crippen LogP contribution in [0.2, 0.25) is 0 Å². The molecule has 2 aromatic rings. The molecule has 0 unspecified atom stereocenters. The van der Waals surface area contributed by atoms with Crippen molar-refractivity contribution < 1.29 is 27.3 Å². The SMILES string of the molecule is Cc1noc(C)c1S(=O)(=O)N1CCN(C(=O)[C@@H](NC(=O)COc2ccccc2)C(C)C)CC1. The Labute approximate surface area is 193 Å². The molecular weight excluding hydrogens is 448 g/mol. The number of amides is 2. The molecule has 1 aromatic carbocycles. The zero-order chi connectivity index (χ0) is 24.2. The van der Waals surface area contributed by atoms with Gasteiger partial charge >= 0.3 is 0 Å². The summed E-state index contributed by atoms with van der Waals surface area (Å²) in [6.45, 7) is 7.37. The van der Waals surface area contributed by atoms with Crippen LogP contribution in [-0.4, -0.2) is 73.4 Å². The fourth-order valence-corrected chi connectivity index (χ4v) is 5.43. The van der Waals surface area contributed by atoms with Crippen molar-refractivity contribution >= 4 is 21.8 Å². The van der Waals surface area contributed by atoms with E-state index in [1.54, 1.807) is 43.0 Å². The van der Waals surface area contributed by atoms with E-state index >= 15 is 0 Å². The number of benzene rings is 1. The molecule has 0 bridgehead atoms. The van der Waals surface area contributed by atoms with Crippen molar-refractivity contribution in [2.24, 2.45) is 5.92 Å². The lowest BCUT2D eigenvalue weighted by molar-refractivity contribution is -0.139. The highest BCUT2D eigenvalue weighted by atomic mass is 32.2. The lowest BCUT2D eigenvalue weighted by Crippen LogP contribution is -2.57. The van der Waals surface area contributed by atoms with E-state index in [4.69, 9.17) is 9.26 Å². The lowest BCUT2D eigenvalue weighted by atomic mass is 10.0. The molecule has 1 fully saturated rings. The van der Waals surface area contributed by atoms with Crippen LogP contribution in [0.25, 0.3) is 0 Å². The van der Waals surface area contributed by atoms with Gasteiger partial charge in [-0.05, 0) is 31.9 Å². The van der Waals surface area contributed by atoms with Crippen LogP contribution < -0.4 is 10.1 Å². The molecule has 2 heterocycles. The minimum absolute atomic E-state index is 0.0769. The summed E-state index contributed by atoms with van der Waals surface area (Å²) in [5.74, 6) is 0.0160. The number of sulfonamides is 1. The van der Waals surface area contributed by atoms with Gasteiger partial charge < -0.3 is 19.5 Å². The first kappa shape index (κ1) is 24.7. The van der Waals surface area contributed by atoms with Crippen molar-refractivity contribution in [1.29, 1.82) is 0 Å². The molecular formula is C22H30N4O6S. The summed E-state index contributed by atoms with van der Waals surface area (Å²) in [4.78, 5) is 27.2. The van der Waals surface area contributed by atoms with Crippen LogP contribution in [0, 0.1) is 19.8 Å². The molecule has 33 heavy (non-hydrogen) atoms. The number of hydrogen-bond donors (Lipinski definition) is 1. The Morgan fingerprint density at radius 2 is 1.76 bits per heavy atom. The van der Waals surface area contributed by atoms with Crippen LogP contribution in [0.3, 0.4) is 0 Å². The van der Waals surface area contributed by atoms with Gasteiger partial charge in [-0.3, -0.25) is 9.59 Å². The maximum Gasteiger partial charge on any atom is 0.258 e. The maximum atomic E-state index is 13.1. The van der Waals surface area contributed by atoms with E-state index < -0.39 is 22.0 Å². The molecule has 1 aliphatic heterocycles. The number of para-hydroxylation sites is 1. The minimum atomic E-state index is -3.77. The van der Waals surface area contributed by atoms with E-state index in [9.17, 15) is 18.0 Å². The van der Waals surface area contributed by atoms with Crippen molar-refractivity contribution in [2.45, 2.75) is 38.6 Å². The third-order valence-corrected chi connectivity index (χ3v) is 7.62. The van der Waals surface area contributed by atoms with Gasteiger partial charge in [0.25, 0.3) is 5.91 Å². The first-order valence-corrected chi connectivity index (χ1v) is 12.2. The number of nitrogens with zero attached hydrogens (tertiary/aromatic N) is 3. The van der Waals surface area contributed by atoms with Gasteiger partial charge in [0.05, 0.1) is 0 Å². The van der Waals surface area contributed by atoms with Crippen molar-refractivity contribution in [1.82, 2.24) is 19.7 Å². The summed E-state index contributed by atoms with van der Waals surface area (Å²) in [6, 6.07) is 8.21. The fourth-order valence-electron chi connectivity index (χ4n) is 3.71. The normalized spacial score (nSPS) is 16.0. The first-order chi connectivity index (χ1) is 15.6. The lowest BCUT2D eigenvalue weighted by Gasteiger charge is -2.36. The predicted molar refractivity (Wildman–Crippen MR) is 120 cm³/mol. The van der Waals surface area contributed by atoms with E-state index in [1.807, 2.05) is 19.9 Å². The molecule has 1 atom stereocenters. The Morgan fingerprint density at radius 3 is 2.30 bits per heavy atom. The van der Waals surface area contributed by atoms with Gasteiger partial charge in [0.1, 0.15) is 22.4 Å². The second kappa shape index (κ2) is 10.3. The Kier molecular flexibility index (Phi) is 7.75. The molecule has 1 aliphatic rings. The Balaban J connectivity index is 1.58. The number of carbonyl (C=O) groups excluding carboxylic acids is 2. The number of rotatable bonds is 8. The zero-order valence-corrected chi connectivity index (χ0v) is 20.1. The molecule has 0 spiro atoms. The molecule has 2 amide bonds. The van der Waals surface area contributed by atoms with Gasteiger partial charge in [-0.1, -0.05) is 37.2 Å². The van der Waals surface area contributed by atoms with E-state index in [1.165, 1.54) is 4.31 Å². The second-order valence-electron chi connectivity index (χ2n) is 8.27. The maximum absolute atomic E-state index is 13.1. The van der Waals surface area contributed by atoms with Gasteiger partial charge in [-0.2, -0.15) is 4.31 Å². The molecule has 10 nitrogen and oxygen atoms in total. The topological polar surface area (TPSA) is 122 Å². The van der Waals surface area contributed by atoms with Crippen LogP contribution in [-0.2, 0) is 19.6 Å². The zero-order valence-electron chi connectivity index (χ0n) is 19.3. The Bertz CT molecular complexity index is 1060. The highest BCUT2D eigenvalue weighted by Crippen LogP contribution is 2.24. The quantitative estimate of drug-likeness (QED) is 0.608. The number of aromatic nitrogens is 1. The van der Waals surface area contributed by atoms with E-state index in [2.05, 4.69) is 10.5 Å². The standard InChI is InChI=1S/C22H30N4O6S/c1-15(2)20(23-19(27)14-31-18-8-6-5-7-9-18)22(28)25-10-12-26(13-11-25)33(29,30)21-16(3)24-32-17(21)4/h5-9,15,20H,10-14H2,1-4H3,(H,23,27)/t20-/m0/s1. The molecule has 0 aliphatic carbocycles. The fraction of sp³-hybridized carbons (Fsp3) is 0.500. The molecule has 0 radical (unpaired) electrons. The summed E-state index contributed by atoms with van der Waals surface area (Å²) < 4.78 is 37.8.